The van der Waals surface area contributed by atoms with Gasteiger partial charge in [0.05, 0.1) is 0 Å². The summed E-state index contributed by atoms with van der Waals surface area (Å²) < 4.78 is 0. The van der Waals surface area contributed by atoms with Gasteiger partial charge in [-0.3, -0.25) is 0 Å². The van der Waals surface area contributed by atoms with Crippen LogP contribution in [0.15, 0.2) is 6.20 Å². The molecule has 0 atom stereocenters. The van der Waals surface area contributed by atoms with Crippen molar-refractivity contribution in [1.82, 2.24) is 9.97 Å². The third-order valence-electron chi connectivity index (χ3n) is 1.33. The van der Waals surface area contributed by atoms with Gasteiger partial charge in [0, 0.05) is 5.92 Å². The molecule has 0 amide bonds. The molecule has 1 aromatic heterocycles. The van der Waals surface area contributed by atoms with Gasteiger partial charge in [-0.2, -0.15) is 0 Å². The van der Waals surface area contributed by atoms with E-state index in [1.165, 1.54) is 6.20 Å². The number of nitrogens with zero attached hydrogens (tertiary/aromatic N) is 2. The van der Waals surface area contributed by atoms with Crippen LogP contribution in [0.4, 0.5) is 5.82 Å². The van der Waals surface area contributed by atoms with E-state index in [0.717, 1.165) is 0 Å². The summed E-state index contributed by atoms with van der Waals surface area (Å²) in [7, 11) is 0. The van der Waals surface area contributed by atoms with Crippen LogP contribution in [-0.2, 0) is 0 Å². The Balaban J connectivity index is 2.90. The molecule has 1 heterocycles. The van der Waals surface area contributed by atoms with Crippen molar-refractivity contribution in [2.75, 3.05) is 0 Å². The molecule has 1 aromatic rings. The van der Waals surface area contributed by atoms with E-state index in [-0.39, 0.29) is 11.7 Å². The molecule has 0 radical (unpaired) electrons. The molecule has 0 aliphatic heterocycles. The lowest BCUT2D eigenvalue weighted by Crippen LogP contribution is -1.91. The van der Waals surface area contributed by atoms with Crippen LogP contribution in [0.2, 0.25) is 0 Å². The minimum Gasteiger partial charge on any atom is -0.358 e. The maximum atomic E-state index is 10.2. The highest BCUT2D eigenvalue weighted by Crippen LogP contribution is 2.13. The van der Waals surface area contributed by atoms with Gasteiger partial charge in [0.15, 0.2) is 5.82 Å². The van der Waals surface area contributed by atoms with Crippen molar-refractivity contribution in [3.05, 3.63) is 22.1 Å². The summed E-state index contributed by atoms with van der Waals surface area (Å²) in [6.45, 7) is 3.84. The van der Waals surface area contributed by atoms with Gasteiger partial charge in [0.2, 0.25) is 0 Å². The molecule has 0 aliphatic rings. The van der Waals surface area contributed by atoms with Gasteiger partial charge in [-0.05, 0) is 4.92 Å². The Hall–Kier alpha value is -1.39. The lowest BCUT2D eigenvalue weighted by atomic mass is 10.2. The second-order valence-electron chi connectivity index (χ2n) is 2.57. The van der Waals surface area contributed by atoms with Crippen LogP contribution in [0.5, 0.6) is 0 Å². The lowest BCUT2D eigenvalue weighted by molar-refractivity contribution is -0.389. The summed E-state index contributed by atoms with van der Waals surface area (Å²) in [6.07, 6.45) is 1.23. The van der Waals surface area contributed by atoms with E-state index < -0.39 is 4.92 Å². The minimum atomic E-state index is -0.487. The van der Waals surface area contributed by atoms with E-state index >= 15 is 0 Å². The van der Waals surface area contributed by atoms with E-state index in [2.05, 4.69) is 9.97 Å². The number of aromatic amines is 1. The van der Waals surface area contributed by atoms with Crippen LogP contribution in [-0.4, -0.2) is 14.9 Å². The Labute approximate surface area is 63.6 Å². The largest absolute Gasteiger partial charge is 0.358 e. The molecule has 0 aromatic carbocycles. The Morgan fingerprint density at radius 3 is 2.64 bits per heavy atom. The van der Waals surface area contributed by atoms with Gasteiger partial charge in [0.25, 0.3) is 0 Å². The Morgan fingerprint density at radius 2 is 2.36 bits per heavy atom. The van der Waals surface area contributed by atoms with Crippen LogP contribution in [0.3, 0.4) is 0 Å². The van der Waals surface area contributed by atoms with E-state index in [9.17, 15) is 10.1 Å². The summed E-state index contributed by atoms with van der Waals surface area (Å²) in [5.41, 5.74) is 0. The van der Waals surface area contributed by atoms with Crippen LogP contribution >= 0.6 is 0 Å². The summed E-state index contributed by atoms with van der Waals surface area (Å²) >= 11 is 0. The third-order valence-corrected chi connectivity index (χ3v) is 1.33. The second kappa shape index (κ2) is 2.69. The first-order chi connectivity index (χ1) is 5.11. The highest BCUT2D eigenvalue weighted by atomic mass is 16.6. The molecule has 1 N–H and O–H groups in total. The minimum absolute atomic E-state index is 0.0475. The molecule has 60 valence electrons. The van der Waals surface area contributed by atoms with E-state index in [1.54, 1.807) is 0 Å². The lowest BCUT2D eigenvalue weighted by Gasteiger charge is -1.92. The molecule has 1 rings (SSSR count). The first kappa shape index (κ1) is 7.71. The summed E-state index contributed by atoms with van der Waals surface area (Å²) in [4.78, 5) is 16.1. The number of aromatic nitrogens is 2. The number of hydrogen-bond acceptors (Lipinski definition) is 3. The molecule has 0 saturated heterocycles. The van der Waals surface area contributed by atoms with Crippen molar-refractivity contribution in [3.8, 4) is 0 Å². The maximum Gasteiger partial charge on any atom is 0.340 e. The number of imidazole rings is 1. The fourth-order valence-corrected chi connectivity index (χ4v) is 0.713. The highest BCUT2D eigenvalue weighted by molar-refractivity contribution is 5.16. The molecule has 0 saturated carbocycles. The fraction of sp³-hybridized carbons (Fsp3) is 0.500. The van der Waals surface area contributed by atoms with Crippen molar-refractivity contribution < 1.29 is 4.92 Å². The summed E-state index contributed by atoms with van der Waals surface area (Å²) in [5.74, 6) is 0.800. The Morgan fingerprint density at radius 1 is 1.73 bits per heavy atom. The summed E-state index contributed by atoms with van der Waals surface area (Å²) in [5, 5.41) is 10.2. The SMILES string of the molecule is CC(C)c1ncc([N+](=O)[O-])[nH]1. The van der Waals surface area contributed by atoms with Crippen LogP contribution < -0.4 is 0 Å². The quantitative estimate of drug-likeness (QED) is 0.518. The van der Waals surface area contributed by atoms with Gasteiger partial charge < -0.3 is 10.1 Å². The maximum absolute atomic E-state index is 10.2. The predicted molar refractivity (Wildman–Crippen MR) is 39.3 cm³/mol. The van der Waals surface area contributed by atoms with Crippen molar-refractivity contribution in [2.24, 2.45) is 0 Å². The molecule has 0 spiro atoms. The van der Waals surface area contributed by atoms with Crippen molar-refractivity contribution in [2.45, 2.75) is 19.8 Å². The fourth-order valence-electron chi connectivity index (χ4n) is 0.713. The van der Waals surface area contributed by atoms with Crippen molar-refractivity contribution in [1.29, 1.82) is 0 Å². The number of rotatable bonds is 2. The molecule has 0 aliphatic carbocycles. The van der Waals surface area contributed by atoms with Crippen molar-refractivity contribution >= 4 is 5.82 Å². The average Bonchev–Trinajstić information content (AvgIpc) is 2.33. The average molecular weight is 155 g/mol. The first-order valence-corrected chi connectivity index (χ1v) is 3.30. The van der Waals surface area contributed by atoms with E-state index in [4.69, 9.17) is 0 Å². The number of nitrogens with one attached hydrogen (secondary N) is 1. The molecular formula is C6H9N3O2. The van der Waals surface area contributed by atoms with Crippen LogP contribution in [0.1, 0.15) is 25.6 Å². The van der Waals surface area contributed by atoms with Crippen molar-refractivity contribution in [3.63, 3.8) is 0 Å². The van der Waals surface area contributed by atoms with Crippen LogP contribution in [0.25, 0.3) is 0 Å². The zero-order valence-corrected chi connectivity index (χ0v) is 6.37. The molecule has 0 fully saturated rings. The van der Waals surface area contributed by atoms with Gasteiger partial charge in [0.1, 0.15) is 6.20 Å². The van der Waals surface area contributed by atoms with E-state index in [1.807, 2.05) is 13.8 Å². The highest BCUT2D eigenvalue weighted by Gasteiger charge is 2.11. The normalized spacial score (nSPS) is 10.5. The predicted octanol–water partition coefficient (Wildman–Crippen LogP) is 1.44. The molecular weight excluding hydrogens is 146 g/mol. The van der Waals surface area contributed by atoms with Gasteiger partial charge in [-0.15, -0.1) is 0 Å². The van der Waals surface area contributed by atoms with E-state index in [0.29, 0.717) is 5.82 Å². The number of H-pyrrole nitrogens is 1. The Kier molecular flexibility index (Phi) is 1.89. The van der Waals surface area contributed by atoms with Gasteiger partial charge in [-0.1, -0.05) is 13.8 Å². The second-order valence-corrected chi connectivity index (χ2v) is 2.57. The zero-order valence-electron chi connectivity index (χ0n) is 6.37. The van der Waals surface area contributed by atoms with Gasteiger partial charge >= 0.3 is 5.82 Å². The molecule has 11 heavy (non-hydrogen) atoms. The van der Waals surface area contributed by atoms with Gasteiger partial charge in [-0.25, -0.2) is 9.97 Å². The van der Waals surface area contributed by atoms with Crippen LogP contribution in [0, 0.1) is 10.1 Å². The monoisotopic (exact) mass is 155 g/mol. The first-order valence-electron chi connectivity index (χ1n) is 3.30. The Bertz CT molecular complexity index is 267. The molecule has 0 unspecified atom stereocenters. The topological polar surface area (TPSA) is 71.8 Å². The molecule has 0 bridgehead atoms. The molecule has 5 heteroatoms. The standard InChI is InChI=1S/C6H9N3O2/c1-4(2)6-7-3-5(8-6)9(10)11/h3-4H,1-2H3,(H,7,8). The number of nitro groups is 1. The summed E-state index contributed by atoms with van der Waals surface area (Å²) in [6, 6.07) is 0. The zero-order chi connectivity index (χ0) is 8.43. The molecule has 5 nitrogen and oxygen atoms in total. The smallest absolute Gasteiger partial charge is 0.340 e. The third kappa shape index (κ3) is 1.54. The number of hydrogen-bond donors (Lipinski definition) is 1.